The van der Waals surface area contributed by atoms with Crippen LogP contribution in [0.15, 0.2) is 59.2 Å². The maximum absolute atomic E-state index is 14.7. The van der Waals surface area contributed by atoms with E-state index < -0.39 is 47.1 Å². The van der Waals surface area contributed by atoms with Gasteiger partial charge in [0.05, 0.1) is 19.3 Å². The number of aliphatic hydroxyl groups is 1. The van der Waals surface area contributed by atoms with Crippen LogP contribution in [0.2, 0.25) is 0 Å². The van der Waals surface area contributed by atoms with Crippen molar-refractivity contribution in [3.63, 3.8) is 0 Å². The first-order valence-corrected chi connectivity index (χ1v) is 13.9. The number of benzene rings is 2. The topological polar surface area (TPSA) is 123 Å². The SMILES string of the molecule is CNC(=O)C1(C)COc2c1cc(C(O)(CNC(=O)c1cc(OC)c3ncc(Br)cc3c1)C(F)(F)F)nc2-c1ccc(F)cc1. The van der Waals surface area contributed by atoms with E-state index in [4.69, 9.17) is 9.47 Å². The van der Waals surface area contributed by atoms with Gasteiger partial charge in [0, 0.05) is 39.8 Å². The number of alkyl halides is 3. The molecule has 1 aliphatic heterocycles. The fourth-order valence-corrected chi connectivity index (χ4v) is 5.33. The fraction of sp³-hybridized carbons (Fsp3) is 0.267. The maximum atomic E-state index is 14.7. The van der Waals surface area contributed by atoms with Gasteiger partial charge in [0.1, 0.15) is 40.5 Å². The summed E-state index contributed by atoms with van der Waals surface area (Å²) < 4.78 is 69.6. The lowest BCUT2D eigenvalue weighted by Gasteiger charge is -2.31. The Morgan fingerprint density at radius 3 is 2.50 bits per heavy atom. The molecule has 0 aliphatic carbocycles. The molecule has 4 aromatic rings. The molecule has 2 amide bonds. The molecule has 44 heavy (non-hydrogen) atoms. The van der Waals surface area contributed by atoms with Crippen molar-refractivity contribution in [3.05, 3.63) is 81.8 Å². The van der Waals surface area contributed by atoms with Crippen molar-refractivity contribution in [2.24, 2.45) is 0 Å². The van der Waals surface area contributed by atoms with Crippen LogP contribution in [0.1, 0.15) is 28.5 Å². The van der Waals surface area contributed by atoms with E-state index in [1.54, 1.807) is 6.07 Å². The first kappa shape index (κ1) is 31.1. The molecule has 0 radical (unpaired) electrons. The van der Waals surface area contributed by atoms with Crippen molar-refractivity contribution in [1.29, 1.82) is 0 Å². The zero-order chi connectivity index (χ0) is 32.0. The molecule has 230 valence electrons. The largest absolute Gasteiger partial charge is 0.494 e. The predicted octanol–water partition coefficient (Wildman–Crippen LogP) is 4.78. The molecule has 2 atom stereocenters. The number of nitrogens with one attached hydrogen (secondary N) is 2. The van der Waals surface area contributed by atoms with Crippen LogP contribution in [-0.2, 0) is 15.8 Å². The number of aromatic nitrogens is 2. The number of pyridine rings is 2. The lowest BCUT2D eigenvalue weighted by Crippen LogP contribution is -2.52. The number of hydrogen-bond donors (Lipinski definition) is 3. The Morgan fingerprint density at radius 2 is 1.86 bits per heavy atom. The van der Waals surface area contributed by atoms with E-state index in [9.17, 15) is 32.3 Å². The Labute approximate surface area is 256 Å². The Kier molecular flexibility index (Phi) is 8.01. The summed E-state index contributed by atoms with van der Waals surface area (Å²) >= 11 is 3.29. The van der Waals surface area contributed by atoms with Gasteiger partial charge in [0.2, 0.25) is 11.5 Å². The molecule has 0 fully saturated rings. The molecule has 0 spiro atoms. The highest BCUT2D eigenvalue weighted by Gasteiger charge is 2.57. The molecule has 1 aliphatic rings. The minimum Gasteiger partial charge on any atom is -0.494 e. The van der Waals surface area contributed by atoms with Gasteiger partial charge in [-0.15, -0.1) is 0 Å². The number of likely N-dealkylation sites (N-methyl/N-ethyl adjacent to an activating group) is 1. The molecule has 14 heteroatoms. The highest BCUT2D eigenvalue weighted by molar-refractivity contribution is 9.10. The number of hydrogen-bond acceptors (Lipinski definition) is 7. The van der Waals surface area contributed by atoms with Crippen LogP contribution < -0.4 is 20.1 Å². The van der Waals surface area contributed by atoms with Gasteiger partial charge in [-0.1, -0.05) is 0 Å². The Hall–Kier alpha value is -4.30. The number of carbonyl (C=O) groups is 2. The van der Waals surface area contributed by atoms with Crippen molar-refractivity contribution >= 4 is 38.6 Å². The van der Waals surface area contributed by atoms with E-state index >= 15 is 0 Å². The van der Waals surface area contributed by atoms with E-state index in [0.29, 0.717) is 15.4 Å². The number of nitrogens with zero attached hydrogens (tertiary/aromatic N) is 2. The van der Waals surface area contributed by atoms with E-state index in [-0.39, 0.29) is 40.5 Å². The molecule has 2 aromatic carbocycles. The summed E-state index contributed by atoms with van der Waals surface area (Å²) in [6.45, 7) is -0.0828. The molecule has 5 rings (SSSR count). The van der Waals surface area contributed by atoms with E-state index in [0.717, 1.165) is 18.2 Å². The van der Waals surface area contributed by atoms with Crippen molar-refractivity contribution in [2.45, 2.75) is 24.1 Å². The number of rotatable bonds is 7. The minimum atomic E-state index is -5.35. The standard InChI is InChI=1S/C30H25BrF4N4O5/c1-28(27(41)36-2)14-44-25-20(28)11-22(39-24(25)15-4-6-19(32)7-5-15)29(42,30(33,34)35)13-38-26(40)17-8-16-9-18(31)12-37-23(16)21(10-17)43-3/h4-12,42H,13-14H2,1-3H3,(H,36,41)(H,38,40). The van der Waals surface area contributed by atoms with Crippen molar-refractivity contribution in [3.8, 4) is 22.8 Å². The van der Waals surface area contributed by atoms with Gasteiger partial charge >= 0.3 is 6.18 Å². The van der Waals surface area contributed by atoms with Crippen LogP contribution in [0.4, 0.5) is 17.6 Å². The lowest BCUT2D eigenvalue weighted by atomic mass is 9.81. The summed E-state index contributed by atoms with van der Waals surface area (Å²) in [6.07, 6.45) is -3.82. The summed E-state index contributed by atoms with van der Waals surface area (Å²) in [5.41, 5.74) is -5.61. The fourth-order valence-electron chi connectivity index (χ4n) is 4.99. The van der Waals surface area contributed by atoms with Crippen molar-refractivity contribution in [1.82, 2.24) is 20.6 Å². The third kappa shape index (κ3) is 5.32. The third-order valence-electron chi connectivity index (χ3n) is 7.51. The quantitative estimate of drug-likeness (QED) is 0.241. The second-order valence-corrected chi connectivity index (χ2v) is 11.3. The monoisotopic (exact) mass is 676 g/mol. The first-order chi connectivity index (χ1) is 20.7. The maximum Gasteiger partial charge on any atom is 0.424 e. The number of carbonyl (C=O) groups excluding carboxylic acids is 2. The number of ether oxygens (including phenoxy) is 2. The summed E-state index contributed by atoms with van der Waals surface area (Å²) in [4.78, 5) is 34.4. The van der Waals surface area contributed by atoms with Gasteiger partial charge in [-0.05, 0) is 71.4 Å². The van der Waals surface area contributed by atoms with E-state index in [2.05, 4.69) is 36.5 Å². The second kappa shape index (κ2) is 11.3. The zero-order valence-electron chi connectivity index (χ0n) is 23.5. The average Bonchev–Trinajstić information content (AvgIpc) is 3.35. The van der Waals surface area contributed by atoms with Crippen molar-refractivity contribution in [2.75, 3.05) is 27.3 Å². The van der Waals surface area contributed by atoms with Crippen LogP contribution in [0.25, 0.3) is 22.2 Å². The van der Waals surface area contributed by atoms with Gasteiger partial charge < -0.3 is 25.2 Å². The van der Waals surface area contributed by atoms with Crippen LogP contribution >= 0.6 is 15.9 Å². The summed E-state index contributed by atoms with van der Waals surface area (Å²) in [7, 11) is 2.73. The number of amides is 2. The molecule has 3 heterocycles. The summed E-state index contributed by atoms with van der Waals surface area (Å²) in [5.74, 6) is -1.85. The van der Waals surface area contributed by atoms with E-state index in [1.807, 2.05) is 0 Å². The number of fused-ring (bicyclic) bond motifs is 2. The van der Waals surface area contributed by atoms with Gasteiger partial charge in [-0.25, -0.2) is 9.37 Å². The van der Waals surface area contributed by atoms with Gasteiger partial charge in [-0.3, -0.25) is 14.6 Å². The van der Waals surface area contributed by atoms with Crippen LogP contribution in [0.5, 0.6) is 11.5 Å². The number of methoxy groups -OCH3 is 1. The highest BCUT2D eigenvalue weighted by Crippen LogP contribution is 2.48. The smallest absolute Gasteiger partial charge is 0.424 e. The van der Waals surface area contributed by atoms with Crippen LogP contribution in [0.3, 0.4) is 0 Å². The lowest BCUT2D eigenvalue weighted by molar-refractivity contribution is -0.265. The molecular formula is C30H25BrF4N4O5. The van der Waals surface area contributed by atoms with Gasteiger partial charge in [-0.2, -0.15) is 13.2 Å². The van der Waals surface area contributed by atoms with E-state index in [1.165, 1.54) is 51.5 Å². The molecule has 9 nitrogen and oxygen atoms in total. The second-order valence-electron chi connectivity index (χ2n) is 10.4. The van der Waals surface area contributed by atoms with Crippen LogP contribution in [-0.4, -0.2) is 60.4 Å². The molecule has 0 saturated heterocycles. The molecule has 0 bridgehead atoms. The Bertz CT molecular complexity index is 1790. The summed E-state index contributed by atoms with van der Waals surface area (Å²) in [5, 5.41) is 16.4. The first-order valence-electron chi connectivity index (χ1n) is 13.1. The average molecular weight is 677 g/mol. The molecular weight excluding hydrogens is 652 g/mol. The number of halogens is 5. The van der Waals surface area contributed by atoms with Gasteiger partial charge in [0.15, 0.2) is 0 Å². The normalized spacial score (nSPS) is 17.4. The van der Waals surface area contributed by atoms with Gasteiger partial charge in [0.25, 0.3) is 5.91 Å². The molecule has 3 N–H and O–H groups in total. The third-order valence-corrected chi connectivity index (χ3v) is 7.95. The zero-order valence-corrected chi connectivity index (χ0v) is 25.1. The summed E-state index contributed by atoms with van der Waals surface area (Å²) in [6, 6.07) is 10.1. The Balaban J connectivity index is 1.60. The van der Waals surface area contributed by atoms with Crippen LogP contribution in [0, 0.1) is 5.82 Å². The molecule has 0 saturated carbocycles. The highest BCUT2D eigenvalue weighted by atomic mass is 79.9. The minimum absolute atomic E-state index is 0.0167. The molecule has 2 unspecified atom stereocenters. The Morgan fingerprint density at radius 1 is 1.16 bits per heavy atom. The molecule has 2 aromatic heterocycles. The predicted molar refractivity (Wildman–Crippen MR) is 155 cm³/mol. The van der Waals surface area contributed by atoms with Crippen molar-refractivity contribution < 1.29 is 41.7 Å².